The predicted octanol–water partition coefficient (Wildman–Crippen LogP) is 2.78. The second-order valence-electron chi connectivity index (χ2n) is 10.8. The Morgan fingerprint density at radius 3 is 2.26 bits per heavy atom. The number of carbonyl (C=O) groups is 2. The van der Waals surface area contributed by atoms with Gasteiger partial charge >= 0.3 is 6.18 Å². The van der Waals surface area contributed by atoms with Gasteiger partial charge < -0.3 is 32.3 Å². The van der Waals surface area contributed by atoms with Crippen molar-refractivity contribution in [3.05, 3.63) is 71.9 Å². The zero-order valence-electron chi connectivity index (χ0n) is 23.9. The molecule has 2 amide bonds. The van der Waals surface area contributed by atoms with Gasteiger partial charge in [0.1, 0.15) is 6.04 Å². The summed E-state index contributed by atoms with van der Waals surface area (Å²) in [4.78, 5) is 30.7. The number of pyridine rings is 1. The number of unbranched alkanes of at least 4 members (excludes halogenated alkanes) is 1. The number of carbonyl (C=O) groups excluding carboxylic acids is 2. The summed E-state index contributed by atoms with van der Waals surface area (Å²) in [5.41, 5.74) is 18.5. The summed E-state index contributed by atoms with van der Waals surface area (Å²) in [6.45, 7) is 3.56. The molecule has 0 saturated heterocycles. The fraction of sp³-hybridized carbons (Fsp3) is 0.433. The molecule has 42 heavy (non-hydrogen) atoms. The molecule has 0 aliphatic carbocycles. The molecule has 0 aliphatic rings. The van der Waals surface area contributed by atoms with Crippen molar-refractivity contribution in [2.45, 2.75) is 43.9 Å². The molecule has 3 aromatic rings. The van der Waals surface area contributed by atoms with Crippen molar-refractivity contribution in [1.29, 1.82) is 0 Å². The number of anilines is 1. The first-order valence-electron chi connectivity index (χ1n) is 14.1. The summed E-state index contributed by atoms with van der Waals surface area (Å²) in [7, 11) is 2.10. The van der Waals surface area contributed by atoms with Gasteiger partial charge in [-0.25, -0.2) is 0 Å². The van der Waals surface area contributed by atoms with Crippen molar-refractivity contribution < 1.29 is 27.2 Å². The lowest BCUT2D eigenvalue weighted by Gasteiger charge is -2.34. The summed E-state index contributed by atoms with van der Waals surface area (Å²) in [5, 5.41) is 6.29. The van der Waals surface area contributed by atoms with Gasteiger partial charge in [-0.05, 0) is 49.1 Å². The molecule has 0 aliphatic heterocycles. The second-order valence-corrected chi connectivity index (χ2v) is 10.8. The fourth-order valence-corrected chi connectivity index (χ4v) is 4.87. The number of para-hydroxylation sites is 1. The van der Waals surface area contributed by atoms with Crippen LogP contribution in [0.1, 0.15) is 30.4 Å². The van der Waals surface area contributed by atoms with E-state index >= 15 is 0 Å². The second kappa shape index (κ2) is 15.1. The topological polar surface area (TPSA) is 149 Å². The maximum Gasteiger partial charge on any atom is 0.416 e. The summed E-state index contributed by atoms with van der Waals surface area (Å²) < 4.78 is 39.9. The minimum Gasteiger partial charge on any atom is -0.343 e. The van der Waals surface area contributed by atoms with Crippen LogP contribution in [0.25, 0.3) is 10.9 Å². The maximum absolute atomic E-state index is 13.3. The molecular weight excluding hydrogens is 547 g/mol. The lowest BCUT2D eigenvalue weighted by atomic mass is 10.0. The van der Waals surface area contributed by atoms with E-state index in [9.17, 15) is 22.8 Å². The highest BCUT2D eigenvalue weighted by Gasteiger charge is 2.30. The van der Waals surface area contributed by atoms with Crippen LogP contribution in [0.2, 0.25) is 0 Å². The van der Waals surface area contributed by atoms with Crippen molar-refractivity contribution in [1.82, 2.24) is 10.3 Å². The SMILES string of the molecule is C[N+](CCN)(CCN)CCCCC(N)C(=O)N[C@H](Cc1ccc(C(F)(F)F)cc1)C(=O)Nc1cnc2ccccc2c1. The van der Waals surface area contributed by atoms with E-state index in [-0.39, 0.29) is 6.42 Å². The molecule has 3 rings (SSSR count). The predicted molar refractivity (Wildman–Crippen MR) is 158 cm³/mol. The Balaban J connectivity index is 1.68. The molecule has 1 aromatic heterocycles. The molecule has 2 aromatic carbocycles. The molecule has 9 nitrogen and oxygen atoms in total. The third-order valence-electron chi connectivity index (χ3n) is 7.35. The van der Waals surface area contributed by atoms with Gasteiger partial charge in [0.05, 0.1) is 55.7 Å². The van der Waals surface area contributed by atoms with Gasteiger partial charge in [0.25, 0.3) is 0 Å². The van der Waals surface area contributed by atoms with Gasteiger partial charge in [-0.15, -0.1) is 0 Å². The molecule has 0 radical (unpaired) electrons. The summed E-state index contributed by atoms with van der Waals surface area (Å²) in [6, 6.07) is 11.7. The third-order valence-corrected chi connectivity index (χ3v) is 7.35. The van der Waals surface area contributed by atoms with E-state index in [1.165, 1.54) is 18.3 Å². The minimum absolute atomic E-state index is 0.0303. The number of amides is 2. The van der Waals surface area contributed by atoms with Crippen LogP contribution in [0.4, 0.5) is 18.9 Å². The Bertz CT molecular complexity index is 1310. The molecule has 0 spiro atoms. The normalized spacial score (nSPS) is 13.5. The Kier molecular flexibility index (Phi) is 11.8. The highest BCUT2D eigenvalue weighted by atomic mass is 19.4. The first kappa shape index (κ1) is 32.9. The number of aromatic nitrogens is 1. The number of hydrogen-bond donors (Lipinski definition) is 5. The molecule has 0 saturated carbocycles. The van der Waals surface area contributed by atoms with Crippen LogP contribution in [-0.4, -0.2) is 73.1 Å². The van der Waals surface area contributed by atoms with Crippen LogP contribution in [0.5, 0.6) is 0 Å². The summed E-state index contributed by atoms with van der Waals surface area (Å²) in [5.74, 6) is -1.05. The van der Waals surface area contributed by atoms with E-state index in [4.69, 9.17) is 17.2 Å². The lowest BCUT2D eigenvalue weighted by Crippen LogP contribution is -2.51. The smallest absolute Gasteiger partial charge is 0.343 e. The molecular formula is C30H41F3N7O2+. The van der Waals surface area contributed by atoms with Crippen molar-refractivity contribution in [2.75, 3.05) is 45.1 Å². The Hall–Kier alpha value is -3.58. The number of quaternary nitrogens is 1. The summed E-state index contributed by atoms with van der Waals surface area (Å²) in [6.07, 6.45) is -1.09. The van der Waals surface area contributed by atoms with Gasteiger partial charge in [-0.3, -0.25) is 14.6 Å². The van der Waals surface area contributed by atoms with E-state index < -0.39 is 35.6 Å². The van der Waals surface area contributed by atoms with Crippen LogP contribution < -0.4 is 27.8 Å². The van der Waals surface area contributed by atoms with E-state index in [0.717, 1.165) is 53.6 Å². The largest absolute Gasteiger partial charge is 0.416 e. The standard InChI is InChI=1S/C30H40F3N7O2/c1-40(16-13-34,17-14-35)15-5-4-7-25(36)28(41)39-27(18-21-9-11-23(12-10-21)30(31,32)33)29(42)38-24-19-22-6-2-3-8-26(22)37-20-24/h2-3,6,8-12,19-20,25,27H,4-5,7,13-18,34-36H2,1H3,(H-,38,39,41,42)/p+1/t25?,27-/m1/s1. The highest BCUT2D eigenvalue weighted by Crippen LogP contribution is 2.29. The van der Waals surface area contributed by atoms with Crippen molar-refractivity contribution in [3.8, 4) is 0 Å². The molecule has 1 heterocycles. The molecule has 1 unspecified atom stereocenters. The first-order chi connectivity index (χ1) is 19.9. The molecule has 2 atom stereocenters. The van der Waals surface area contributed by atoms with Crippen LogP contribution in [0.3, 0.4) is 0 Å². The van der Waals surface area contributed by atoms with Gasteiger partial charge in [0, 0.05) is 24.9 Å². The van der Waals surface area contributed by atoms with E-state index in [0.29, 0.717) is 37.2 Å². The molecule has 0 bridgehead atoms. The van der Waals surface area contributed by atoms with Crippen molar-refractivity contribution >= 4 is 28.4 Å². The Morgan fingerprint density at radius 2 is 1.62 bits per heavy atom. The number of alkyl halides is 3. The summed E-state index contributed by atoms with van der Waals surface area (Å²) >= 11 is 0. The third kappa shape index (κ3) is 9.76. The van der Waals surface area contributed by atoms with Crippen LogP contribution in [-0.2, 0) is 22.2 Å². The Labute approximate surface area is 244 Å². The number of rotatable bonds is 15. The Morgan fingerprint density at radius 1 is 0.952 bits per heavy atom. The van der Waals surface area contributed by atoms with Crippen LogP contribution >= 0.6 is 0 Å². The quantitative estimate of drug-likeness (QED) is 0.136. The zero-order chi connectivity index (χ0) is 30.8. The lowest BCUT2D eigenvalue weighted by molar-refractivity contribution is -0.907. The number of nitrogens with two attached hydrogens (primary N) is 3. The van der Waals surface area contributed by atoms with E-state index in [1.807, 2.05) is 24.3 Å². The van der Waals surface area contributed by atoms with Crippen molar-refractivity contribution in [3.63, 3.8) is 0 Å². The van der Waals surface area contributed by atoms with Gasteiger partial charge in [-0.1, -0.05) is 30.3 Å². The number of fused-ring (bicyclic) bond motifs is 1. The monoisotopic (exact) mass is 588 g/mol. The number of likely N-dealkylation sites (N-methyl/N-ethyl adjacent to an activating group) is 1. The molecule has 8 N–H and O–H groups in total. The number of halogens is 3. The first-order valence-corrected chi connectivity index (χ1v) is 14.1. The maximum atomic E-state index is 13.3. The zero-order valence-corrected chi connectivity index (χ0v) is 23.9. The van der Waals surface area contributed by atoms with Crippen LogP contribution in [0, 0.1) is 0 Å². The highest BCUT2D eigenvalue weighted by molar-refractivity contribution is 5.99. The average Bonchev–Trinajstić information content (AvgIpc) is 2.95. The van der Waals surface area contributed by atoms with Gasteiger partial charge in [0.15, 0.2) is 0 Å². The number of nitrogens with zero attached hydrogens (tertiary/aromatic N) is 2. The van der Waals surface area contributed by atoms with Gasteiger partial charge in [0.2, 0.25) is 11.8 Å². The van der Waals surface area contributed by atoms with Crippen molar-refractivity contribution in [2.24, 2.45) is 17.2 Å². The number of benzene rings is 2. The van der Waals surface area contributed by atoms with Gasteiger partial charge in [-0.2, -0.15) is 13.2 Å². The average molecular weight is 589 g/mol. The molecule has 228 valence electrons. The number of nitrogens with one attached hydrogen (secondary N) is 2. The fourth-order valence-electron chi connectivity index (χ4n) is 4.87. The van der Waals surface area contributed by atoms with E-state index in [2.05, 4.69) is 22.7 Å². The molecule has 0 fully saturated rings. The van der Waals surface area contributed by atoms with E-state index in [1.54, 1.807) is 6.07 Å². The number of hydrogen-bond acceptors (Lipinski definition) is 6. The van der Waals surface area contributed by atoms with Crippen LogP contribution in [0.15, 0.2) is 60.8 Å². The minimum atomic E-state index is -4.48. The molecule has 12 heteroatoms.